The fourth-order valence-corrected chi connectivity index (χ4v) is 5.03. The molecule has 1 aliphatic carbocycles. The molecule has 1 aromatic carbocycles. The van der Waals surface area contributed by atoms with E-state index in [0.29, 0.717) is 24.6 Å². The number of aldehydes is 1. The Kier molecular flexibility index (Phi) is 6.09. The maximum Gasteiger partial charge on any atom is 0.255 e. The molecule has 2 heterocycles. The quantitative estimate of drug-likeness (QED) is 0.692. The van der Waals surface area contributed by atoms with Gasteiger partial charge in [-0.3, -0.25) is 14.5 Å². The number of likely N-dealkylation sites (N-methyl/N-ethyl adjacent to an activating group) is 1. The van der Waals surface area contributed by atoms with Crippen LogP contribution in [-0.2, 0) is 16.1 Å². The van der Waals surface area contributed by atoms with Crippen LogP contribution in [-0.4, -0.2) is 72.7 Å². The Morgan fingerprint density at radius 3 is 2.73 bits per heavy atom. The van der Waals surface area contributed by atoms with Gasteiger partial charge in [-0.25, -0.2) is 0 Å². The fourth-order valence-electron chi connectivity index (χ4n) is 5.03. The van der Waals surface area contributed by atoms with E-state index in [2.05, 4.69) is 28.1 Å². The first-order valence-corrected chi connectivity index (χ1v) is 11.1. The summed E-state index contributed by atoms with van der Waals surface area (Å²) in [5.74, 6) is -0.349. The molecule has 4 rings (SSSR count). The SMILES string of the molecule is CNC(=O)C(CCC=O)N1Cc2cc(N3CCN(C4CCC4)CC3C)ccc2C1=O. The number of amides is 2. The standard InChI is InChI=1S/C23H32N4O3/c1-16-14-25(18-5-3-6-18)10-11-26(16)19-8-9-20-17(13-19)15-27(23(20)30)21(7-4-12-28)22(29)24-2/h8-9,12-13,16,18,21H,3-7,10-11,14-15H2,1-2H3,(H,24,29). The summed E-state index contributed by atoms with van der Waals surface area (Å²) in [4.78, 5) is 42.8. The number of hydrogen-bond donors (Lipinski definition) is 1. The van der Waals surface area contributed by atoms with Gasteiger partial charge in [0.15, 0.2) is 0 Å². The molecule has 1 N–H and O–H groups in total. The van der Waals surface area contributed by atoms with Crippen LogP contribution in [0.5, 0.6) is 0 Å². The Hall–Kier alpha value is -2.41. The minimum Gasteiger partial charge on any atom is -0.366 e. The summed E-state index contributed by atoms with van der Waals surface area (Å²) in [6.07, 6.45) is 5.42. The monoisotopic (exact) mass is 412 g/mol. The Labute approximate surface area is 178 Å². The van der Waals surface area contributed by atoms with E-state index in [1.54, 1.807) is 11.9 Å². The number of nitrogens with zero attached hydrogens (tertiary/aromatic N) is 3. The maximum absolute atomic E-state index is 13.0. The second kappa shape index (κ2) is 8.76. The topological polar surface area (TPSA) is 73.0 Å². The first kappa shape index (κ1) is 20.8. The van der Waals surface area contributed by atoms with Crippen LogP contribution in [0.2, 0.25) is 0 Å². The highest BCUT2D eigenvalue weighted by atomic mass is 16.2. The van der Waals surface area contributed by atoms with Crippen LogP contribution in [0.3, 0.4) is 0 Å². The van der Waals surface area contributed by atoms with Gasteiger partial charge in [-0.1, -0.05) is 6.42 Å². The zero-order valence-corrected chi connectivity index (χ0v) is 18.0. The zero-order valence-electron chi connectivity index (χ0n) is 18.0. The van der Waals surface area contributed by atoms with E-state index < -0.39 is 6.04 Å². The number of anilines is 1. The molecule has 2 amide bonds. The lowest BCUT2D eigenvalue weighted by molar-refractivity contribution is -0.125. The molecule has 30 heavy (non-hydrogen) atoms. The predicted octanol–water partition coefficient (Wildman–Crippen LogP) is 1.80. The summed E-state index contributed by atoms with van der Waals surface area (Å²) in [5, 5.41) is 2.63. The van der Waals surface area contributed by atoms with Gasteiger partial charge in [-0.05, 0) is 49.9 Å². The Morgan fingerprint density at radius 2 is 2.10 bits per heavy atom. The normalized spacial score (nSPS) is 23.1. The summed E-state index contributed by atoms with van der Waals surface area (Å²) in [6, 6.07) is 6.64. The number of fused-ring (bicyclic) bond motifs is 1. The van der Waals surface area contributed by atoms with Crippen molar-refractivity contribution in [1.82, 2.24) is 15.1 Å². The van der Waals surface area contributed by atoms with E-state index in [0.717, 1.165) is 43.2 Å². The third-order valence-electron chi connectivity index (χ3n) is 6.99. The minimum absolute atomic E-state index is 0.126. The van der Waals surface area contributed by atoms with Gasteiger partial charge in [0.2, 0.25) is 5.91 Å². The maximum atomic E-state index is 13.0. The number of hydrogen-bond acceptors (Lipinski definition) is 5. The van der Waals surface area contributed by atoms with Gasteiger partial charge in [-0.15, -0.1) is 0 Å². The van der Waals surface area contributed by atoms with Gasteiger partial charge in [0.1, 0.15) is 12.3 Å². The second-order valence-electron chi connectivity index (χ2n) is 8.77. The first-order chi connectivity index (χ1) is 14.5. The van der Waals surface area contributed by atoms with Crippen LogP contribution < -0.4 is 10.2 Å². The molecule has 0 aromatic heterocycles. The molecular formula is C23H32N4O3. The van der Waals surface area contributed by atoms with Crippen LogP contribution in [0, 0.1) is 0 Å². The summed E-state index contributed by atoms with van der Waals surface area (Å²) < 4.78 is 0. The lowest BCUT2D eigenvalue weighted by Crippen LogP contribution is -2.56. The van der Waals surface area contributed by atoms with Crippen LogP contribution in [0.1, 0.15) is 54.9 Å². The van der Waals surface area contributed by atoms with Crippen molar-refractivity contribution in [2.45, 2.75) is 63.7 Å². The summed E-state index contributed by atoms with van der Waals surface area (Å²) in [6.45, 7) is 5.85. The number of nitrogens with one attached hydrogen (secondary N) is 1. The van der Waals surface area contributed by atoms with Gasteiger partial charge in [0.25, 0.3) is 5.91 Å². The van der Waals surface area contributed by atoms with Crippen molar-refractivity contribution < 1.29 is 14.4 Å². The van der Waals surface area contributed by atoms with Crippen molar-refractivity contribution in [2.75, 3.05) is 31.6 Å². The van der Waals surface area contributed by atoms with E-state index in [1.807, 2.05) is 12.1 Å². The largest absolute Gasteiger partial charge is 0.366 e. The van der Waals surface area contributed by atoms with Crippen molar-refractivity contribution in [3.8, 4) is 0 Å². The molecule has 3 aliphatic rings. The fraction of sp³-hybridized carbons (Fsp3) is 0.609. The van der Waals surface area contributed by atoms with Gasteiger partial charge in [0, 0.05) is 63.0 Å². The smallest absolute Gasteiger partial charge is 0.255 e. The van der Waals surface area contributed by atoms with Crippen LogP contribution >= 0.6 is 0 Å². The lowest BCUT2D eigenvalue weighted by Gasteiger charge is -2.47. The molecule has 0 radical (unpaired) electrons. The third-order valence-corrected chi connectivity index (χ3v) is 6.99. The number of piperazine rings is 1. The number of benzene rings is 1. The molecule has 2 fully saturated rings. The van der Waals surface area contributed by atoms with Crippen LogP contribution in [0.4, 0.5) is 5.69 Å². The van der Waals surface area contributed by atoms with Crippen molar-refractivity contribution in [1.29, 1.82) is 0 Å². The van der Waals surface area contributed by atoms with E-state index in [1.165, 1.54) is 19.3 Å². The van der Waals surface area contributed by atoms with Gasteiger partial charge in [0.05, 0.1) is 0 Å². The Morgan fingerprint density at radius 1 is 1.30 bits per heavy atom. The highest BCUT2D eigenvalue weighted by molar-refractivity contribution is 6.01. The molecule has 1 saturated heterocycles. The van der Waals surface area contributed by atoms with E-state index in [9.17, 15) is 14.4 Å². The summed E-state index contributed by atoms with van der Waals surface area (Å²) in [5.41, 5.74) is 2.78. The first-order valence-electron chi connectivity index (χ1n) is 11.1. The zero-order chi connectivity index (χ0) is 21.3. The van der Waals surface area contributed by atoms with Gasteiger partial charge >= 0.3 is 0 Å². The molecule has 7 nitrogen and oxygen atoms in total. The molecule has 1 saturated carbocycles. The van der Waals surface area contributed by atoms with Crippen LogP contribution in [0.25, 0.3) is 0 Å². The molecule has 2 aliphatic heterocycles. The molecule has 0 spiro atoms. The highest BCUT2D eigenvalue weighted by Gasteiger charge is 2.37. The number of carbonyl (C=O) groups excluding carboxylic acids is 3. The number of rotatable bonds is 7. The summed E-state index contributed by atoms with van der Waals surface area (Å²) in [7, 11) is 1.56. The van der Waals surface area contributed by atoms with E-state index in [4.69, 9.17) is 0 Å². The second-order valence-corrected chi connectivity index (χ2v) is 8.77. The molecule has 1 aromatic rings. The average molecular weight is 413 g/mol. The molecule has 7 heteroatoms. The molecule has 162 valence electrons. The number of carbonyl (C=O) groups is 3. The van der Waals surface area contributed by atoms with Crippen molar-refractivity contribution in [3.05, 3.63) is 29.3 Å². The Balaban J connectivity index is 1.49. The van der Waals surface area contributed by atoms with Crippen molar-refractivity contribution in [3.63, 3.8) is 0 Å². The van der Waals surface area contributed by atoms with Crippen molar-refractivity contribution in [2.24, 2.45) is 0 Å². The predicted molar refractivity (Wildman–Crippen MR) is 115 cm³/mol. The summed E-state index contributed by atoms with van der Waals surface area (Å²) >= 11 is 0. The van der Waals surface area contributed by atoms with Gasteiger partial charge in [-0.2, -0.15) is 0 Å². The average Bonchev–Trinajstić information content (AvgIpc) is 3.02. The molecular weight excluding hydrogens is 380 g/mol. The molecule has 2 atom stereocenters. The Bertz CT molecular complexity index is 823. The van der Waals surface area contributed by atoms with Crippen molar-refractivity contribution >= 4 is 23.8 Å². The minimum atomic E-state index is -0.617. The molecule has 2 unspecified atom stereocenters. The van der Waals surface area contributed by atoms with E-state index in [-0.39, 0.29) is 18.2 Å². The van der Waals surface area contributed by atoms with Gasteiger partial charge < -0.3 is 19.9 Å². The molecule has 0 bridgehead atoms. The lowest BCUT2D eigenvalue weighted by atomic mass is 9.90. The highest BCUT2D eigenvalue weighted by Crippen LogP contribution is 2.32. The third kappa shape index (κ3) is 3.83. The van der Waals surface area contributed by atoms with Crippen LogP contribution in [0.15, 0.2) is 18.2 Å². The van der Waals surface area contributed by atoms with E-state index >= 15 is 0 Å².